The number of nitrogens with one attached hydrogen (secondary N) is 1. The molecule has 0 aliphatic heterocycles. The molecule has 0 atom stereocenters. The summed E-state index contributed by atoms with van der Waals surface area (Å²) < 4.78 is 42.9. The van der Waals surface area contributed by atoms with Crippen molar-refractivity contribution in [1.29, 1.82) is 0 Å². The van der Waals surface area contributed by atoms with Gasteiger partial charge in [0.15, 0.2) is 0 Å². The Morgan fingerprint density at radius 2 is 1.73 bits per heavy atom. The summed E-state index contributed by atoms with van der Waals surface area (Å²) in [6, 6.07) is 16.4. The SMILES string of the molecule is FC(F)(F)Cc1cc2cc(OCc3ccccc3)ccc2[nH]1. The van der Waals surface area contributed by atoms with Gasteiger partial charge in [-0.1, -0.05) is 30.3 Å². The second-order valence-corrected chi connectivity index (χ2v) is 5.11. The third-order valence-corrected chi connectivity index (χ3v) is 3.29. The van der Waals surface area contributed by atoms with Crippen molar-refractivity contribution >= 4 is 10.9 Å². The standard InChI is InChI=1S/C17H14F3NO/c18-17(19,20)10-14-8-13-9-15(6-7-16(13)21-14)22-11-12-4-2-1-3-5-12/h1-9,21H,10-11H2. The molecule has 0 saturated carbocycles. The third kappa shape index (κ3) is 3.61. The first-order valence-corrected chi connectivity index (χ1v) is 6.85. The van der Waals surface area contributed by atoms with Crippen molar-refractivity contribution in [3.8, 4) is 5.75 Å². The molecular weight excluding hydrogens is 291 g/mol. The molecule has 22 heavy (non-hydrogen) atoms. The molecular formula is C17H14F3NO. The molecule has 0 saturated heterocycles. The quantitative estimate of drug-likeness (QED) is 0.732. The number of ether oxygens (including phenoxy) is 1. The number of aromatic amines is 1. The lowest BCUT2D eigenvalue weighted by atomic mass is 10.2. The number of hydrogen-bond donors (Lipinski definition) is 1. The van der Waals surface area contributed by atoms with E-state index in [1.54, 1.807) is 18.2 Å². The van der Waals surface area contributed by atoms with Gasteiger partial charge in [-0.25, -0.2) is 0 Å². The van der Waals surface area contributed by atoms with E-state index in [0.29, 0.717) is 23.3 Å². The minimum absolute atomic E-state index is 0.155. The largest absolute Gasteiger partial charge is 0.489 e. The predicted octanol–water partition coefficient (Wildman–Crippen LogP) is 4.85. The van der Waals surface area contributed by atoms with Gasteiger partial charge in [0.05, 0.1) is 6.42 Å². The van der Waals surface area contributed by atoms with Crippen LogP contribution >= 0.6 is 0 Å². The molecule has 0 spiro atoms. The van der Waals surface area contributed by atoms with Crippen LogP contribution in [0.3, 0.4) is 0 Å². The Hall–Kier alpha value is -2.43. The molecule has 2 nitrogen and oxygen atoms in total. The van der Waals surface area contributed by atoms with Crippen molar-refractivity contribution < 1.29 is 17.9 Å². The average Bonchev–Trinajstić information content (AvgIpc) is 2.85. The van der Waals surface area contributed by atoms with Crippen molar-refractivity contribution in [2.75, 3.05) is 0 Å². The zero-order chi connectivity index (χ0) is 15.6. The molecule has 1 heterocycles. The van der Waals surface area contributed by atoms with Crippen LogP contribution in [0.5, 0.6) is 5.75 Å². The fraction of sp³-hybridized carbons (Fsp3) is 0.176. The predicted molar refractivity (Wildman–Crippen MR) is 78.8 cm³/mol. The van der Waals surface area contributed by atoms with E-state index in [-0.39, 0.29) is 5.69 Å². The van der Waals surface area contributed by atoms with E-state index in [9.17, 15) is 13.2 Å². The number of fused-ring (bicyclic) bond motifs is 1. The molecule has 0 fully saturated rings. The van der Waals surface area contributed by atoms with Gasteiger partial charge >= 0.3 is 6.18 Å². The smallest absolute Gasteiger partial charge is 0.394 e. The van der Waals surface area contributed by atoms with Gasteiger partial charge in [0, 0.05) is 16.6 Å². The highest BCUT2D eigenvalue weighted by Crippen LogP contribution is 2.26. The topological polar surface area (TPSA) is 25.0 Å². The van der Waals surface area contributed by atoms with Gasteiger partial charge in [-0.05, 0) is 29.8 Å². The normalized spacial score (nSPS) is 11.8. The Balaban J connectivity index is 1.75. The van der Waals surface area contributed by atoms with Gasteiger partial charge in [0.25, 0.3) is 0 Å². The van der Waals surface area contributed by atoms with Gasteiger partial charge in [-0.15, -0.1) is 0 Å². The summed E-state index contributed by atoms with van der Waals surface area (Å²) in [5, 5.41) is 0.713. The second-order valence-electron chi connectivity index (χ2n) is 5.11. The van der Waals surface area contributed by atoms with Crippen molar-refractivity contribution in [2.45, 2.75) is 19.2 Å². The molecule has 1 aromatic heterocycles. The lowest BCUT2D eigenvalue weighted by Gasteiger charge is -2.06. The van der Waals surface area contributed by atoms with E-state index >= 15 is 0 Å². The van der Waals surface area contributed by atoms with Gasteiger partial charge < -0.3 is 9.72 Å². The fourth-order valence-corrected chi connectivity index (χ4v) is 2.31. The second kappa shape index (κ2) is 5.75. The highest BCUT2D eigenvalue weighted by Gasteiger charge is 2.28. The van der Waals surface area contributed by atoms with Crippen LogP contribution in [0.25, 0.3) is 10.9 Å². The monoisotopic (exact) mass is 305 g/mol. The Morgan fingerprint density at radius 1 is 0.955 bits per heavy atom. The number of rotatable bonds is 4. The van der Waals surface area contributed by atoms with Gasteiger partial charge in [-0.2, -0.15) is 13.2 Å². The first kappa shape index (κ1) is 14.5. The average molecular weight is 305 g/mol. The molecule has 3 rings (SSSR count). The molecule has 2 aromatic carbocycles. The summed E-state index contributed by atoms with van der Waals surface area (Å²) in [5.41, 5.74) is 1.86. The summed E-state index contributed by atoms with van der Waals surface area (Å²) in [6.07, 6.45) is -5.17. The van der Waals surface area contributed by atoms with E-state index in [1.165, 1.54) is 6.07 Å². The maximum atomic E-state index is 12.4. The molecule has 5 heteroatoms. The number of halogens is 3. The lowest BCUT2D eigenvalue weighted by Crippen LogP contribution is -2.11. The number of H-pyrrole nitrogens is 1. The molecule has 0 amide bonds. The number of hydrogen-bond acceptors (Lipinski definition) is 1. The van der Waals surface area contributed by atoms with Crippen molar-refractivity contribution in [2.24, 2.45) is 0 Å². The van der Waals surface area contributed by atoms with E-state index in [4.69, 9.17) is 4.74 Å². The van der Waals surface area contributed by atoms with Crippen molar-refractivity contribution in [3.63, 3.8) is 0 Å². The fourth-order valence-electron chi connectivity index (χ4n) is 2.31. The zero-order valence-electron chi connectivity index (χ0n) is 11.7. The zero-order valence-corrected chi connectivity index (χ0v) is 11.7. The molecule has 3 aromatic rings. The van der Waals surface area contributed by atoms with Crippen molar-refractivity contribution in [3.05, 3.63) is 65.9 Å². The molecule has 0 bridgehead atoms. The van der Waals surface area contributed by atoms with Crippen LogP contribution in [-0.4, -0.2) is 11.2 Å². The molecule has 0 unspecified atom stereocenters. The highest BCUT2D eigenvalue weighted by atomic mass is 19.4. The van der Waals surface area contributed by atoms with Crippen LogP contribution in [-0.2, 0) is 13.0 Å². The Kier molecular flexibility index (Phi) is 3.79. The van der Waals surface area contributed by atoms with Gasteiger partial charge in [0.2, 0.25) is 0 Å². The van der Waals surface area contributed by atoms with Crippen LogP contribution in [0.2, 0.25) is 0 Å². The summed E-state index contributed by atoms with van der Waals surface area (Å²) >= 11 is 0. The molecule has 114 valence electrons. The first-order valence-electron chi connectivity index (χ1n) is 6.85. The molecule has 0 aliphatic rings. The number of benzene rings is 2. The highest BCUT2D eigenvalue weighted by molar-refractivity contribution is 5.81. The third-order valence-electron chi connectivity index (χ3n) is 3.29. The van der Waals surface area contributed by atoms with E-state index in [2.05, 4.69) is 4.98 Å². The summed E-state index contributed by atoms with van der Waals surface area (Å²) in [4.78, 5) is 2.78. The van der Waals surface area contributed by atoms with Gasteiger partial charge in [0.1, 0.15) is 12.4 Å². The molecule has 0 aliphatic carbocycles. The Morgan fingerprint density at radius 3 is 2.45 bits per heavy atom. The molecule has 1 N–H and O–H groups in total. The maximum Gasteiger partial charge on any atom is 0.394 e. The van der Waals surface area contributed by atoms with Crippen LogP contribution < -0.4 is 4.74 Å². The lowest BCUT2D eigenvalue weighted by molar-refractivity contribution is -0.127. The van der Waals surface area contributed by atoms with Crippen LogP contribution in [0.4, 0.5) is 13.2 Å². The Labute approximate surface area is 125 Å². The Bertz CT molecular complexity index is 762. The van der Waals surface area contributed by atoms with Crippen LogP contribution in [0, 0.1) is 0 Å². The van der Waals surface area contributed by atoms with Crippen LogP contribution in [0.1, 0.15) is 11.3 Å². The minimum atomic E-state index is -4.21. The van der Waals surface area contributed by atoms with Crippen LogP contribution in [0.15, 0.2) is 54.6 Å². The maximum absolute atomic E-state index is 12.4. The van der Waals surface area contributed by atoms with Crippen molar-refractivity contribution in [1.82, 2.24) is 4.98 Å². The summed E-state index contributed by atoms with van der Waals surface area (Å²) in [6.45, 7) is 0.423. The van der Waals surface area contributed by atoms with E-state index in [0.717, 1.165) is 5.56 Å². The van der Waals surface area contributed by atoms with E-state index < -0.39 is 12.6 Å². The summed E-state index contributed by atoms with van der Waals surface area (Å²) in [7, 11) is 0. The molecule has 0 radical (unpaired) electrons. The minimum Gasteiger partial charge on any atom is -0.489 e. The summed E-state index contributed by atoms with van der Waals surface area (Å²) in [5.74, 6) is 0.633. The first-order chi connectivity index (χ1) is 10.5. The number of alkyl halides is 3. The van der Waals surface area contributed by atoms with E-state index in [1.807, 2.05) is 30.3 Å². The number of aromatic nitrogens is 1. The van der Waals surface area contributed by atoms with Gasteiger partial charge in [-0.3, -0.25) is 0 Å².